The minimum atomic E-state index is 0.761. The fourth-order valence-corrected chi connectivity index (χ4v) is 2.14. The molecule has 1 unspecified atom stereocenters. The van der Waals surface area contributed by atoms with E-state index >= 15 is 0 Å². The normalized spacial score (nSPS) is 21.0. The minimum absolute atomic E-state index is 0.761. The lowest BCUT2D eigenvalue weighted by atomic mass is 9.95. The van der Waals surface area contributed by atoms with E-state index in [9.17, 15) is 0 Å². The summed E-state index contributed by atoms with van der Waals surface area (Å²) < 4.78 is 0. The van der Waals surface area contributed by atoms with Gasteiger partial charge in [0.2, 0.25) is 0 Å². The molecule has 0 aliphatic heterocycles. The molecule has 84 valence electrons. The zero-order chi connectivity index (χ0) is 10.2. The van der Waals surface area contributed by atoms with Crippen LogP contribution in [0.15, 0.2) is 0 Å². The summed E-state index contributed by atoms with van der Waals surface area (Å²) in [6, 6.07) is 0.813. The van der Waals surface area contributed by atoms with E-state index in [-0.39, 0.29) is 0 Å². The topological polar surface area (TPSA) is 24.1 Å². The van der Waals surface area contributed by atoms with Crippen molar-refractivity contribution in [2.75, 3.05) is 19.6 Å². The molecule has 1 aliphatic carbocycles. The molecule has 0 aromatic carbocycles. The molecule has 0 saturated heterocycles. The first-order chi connectivity index (χ1) is 6.83. The summed E-state index contributed by atoms with van der Waals surface area (Å²) in [7, 11) is 0. The second-order valence-electron chi connectivity index (χ2n) is 4.66. The minimum Gasteiger partial charge on any atom is -0.317 e. The molecular formula is C12H26N2. The molecule has 1 fully saturated rings. The molecular weight excluding hydrogens is 172 g/mol. The van der Waals surface area contributed by atoms with Crippen LogP contribution in [0.4, 0.5) is 0 Å². The number of hydrogen-bond acceptors (Lipinski definition) is 2. The average molecular weight is 198 g/mol. The molecule has 2 N–H and O–H groups in total. The van der Waals surface area contributed by atoms with Crippen LogP contribution in [0.25, 0.3) is 0 Å². The van der Waals surface area contributed by atoms with Crippen molar-refractivity contribution in [3.05, 3.63) is 0 Å². The molecule has 1 rings (SSSR count). The van der Waals surface area contributed by atoms with Gasteiger partial charge in [0.25, 0.3) is 0 Å². The lowest BCUT2D eigenvalue weighted by molar-refractivity contribution is 0.349. The van der Waals surface area contributed by atoms with Crippen LogP contribution in [-0.2, 0) is 0 Å². The predicted molar refractivity (Wildman–Crippen MR) is 62.6 cm³/mol. The zero-order valence-corrected chi connectivity index (χ0v) is 9.81. The van der Waals surface area contributed by atoms with Gasteiger partial charge < -0.3 is 10.6 Å². The van der Waals surface area contributed by atoms with Crippen LogP contribution in [0.3, 0.4) is 0 Å². The molecule has 1 atom stereocenters. The molecule has 2 nitrogen and oxygen atoms in total. The fourth-order valence-electron chi connectivity index (χ4n) is 2.14. The zero-order valence-electron chi connectivity index (χ0n) is 9.81. The highest BCUT2D eigenvalue weighted by Crippen LogP contribution is 2.17. The van der Waals surface area contributed by atoms with Gasteiger partial charge >= 0.3 is 0 Å². The van der Waals surface area contributed by atoms with E-state index in [1.807, 2.05) is 0 Å². The van der Waals surface area contributed by atoms with E-state index < -0.39 is 0 Å². The van der Waals surface area contributed by atoms with Crippen molar-refractivity contribution in [3.8, 4) is 0 Å². The van der Waals surface area contributed by atoms with Gasteiger partial charge in [0, 0.05) is 6.04 Å². The standard InChI is InChI=1S/C12H26N2/c1-3-13-9-11(2)10-14-12-7-5-4-6-8-12/h11-14H,3-10H2,1-2H3. The number of hydrogen-bond donors (Lipinski definition) is 2. The third-order valence-electron chi connectivity index (χ3n) is 3.10. The molecule has 0 radical (unpaired) electrons. The van der Waals surface area contributed by atoms with Crippen LogP contribution < -0.4 is 10.6 Å². The fraction of sp³-hybridized carbons (Fsp3) is 1.00. The van der Waals surface area contributed by atoms with Gasteiger partial charge in [-0.3, -0.25) is 0 Å². The van der Waals surface area contributed by atoms with E-state index in [1.165, 1.54) is 38.6 Å². The van der Waals surface area contributed by atoms with Gasteiger partial charge in [-0.2, -0.15) is 0 Å². The summed E-state index contributed by atoms with van der Waals surface area (Å²) in [5.41, 5.74) is 0. The molecule has 0 aromatic heterocycles. The molecule has 1 aliphatic rings. The molecule has 1 saturated carbocycles. The van der Waals surface area contributed by atoms with Gasteiger partial charge in [-0.1, -0.05) is 33.1 Å². The Labute approximate surface area is 88.8 Å². The smallest absolute Gasteiger partial charge is 0.00671 e. The van der Waals surface area contributed by atoms with Gasteiger partial charge in [0.05, 0.1) is 0 Å². The highest BCUT2D eigenvalue weighted by Gasteiger charge is 2.13. The van der Waals surface area contributed by atoms with E-state index in [1.54, 1.807) is 0 Å². The van der Waals surface area contributed by atoms with E-state index in [0.717, 1.165) is 25.0 Å². The highest BCUT2D eigenvalue weighted by molar-refractivity contribution is 4.73. The second-order valence-corrected chi connectivity index (χ2v) is 4.66. The van der Waals surface area contributed by atoms with E-state index in [0.29, 0.717) is 0 Å². The van der Waals surface area contributed by atoms with Crippen LogP contribution in [-0.4, -0.2) is 25.7 Å². The largest absolute Gasteiger partial charge is 0.317 e. The maximum atomic E-state index is 3.69. The van der Waals surface area contributed by atoms with Gasteiger partial charge in [0.15, 0.2) is 0 Å². The van der Waals surface area contributed by atoms with Crippen molar-refractivity contribution >= 4 is 0 Å². The number of rotatable bonds is 6. The van der Waals surface area contributed by atoms with Crippen LogP contribution in [0.2, 0.25) is 0 Å². The van der Waals surface area contributed by atoms with Crippen LogP contribution in [0.1, 0.15) is 46.0 Å². The monoisotopic (exact) mass is 198 g/mol. The molecule has 0 bridgehead atoms. The maximum Gasteiger partial charge on any atom is 0.00671 e. The summed E-state index contributed by atoms with van der Waals surface area (Å²) >= 11 is 0. The Bertz CT molecular complexity index is 130. The summed E-state index contributed by atoms with van der Waals surface area (Å²) in [6.45, 7) is 7.90. The van der Waals surface area contributed by atoms with Crippen molar-refractivity contribution in [1.82, 2.24) is 10.6 Å². The Hall–Kier alpha value is -0.0800. The summed E-state index contributed by atoms with van der Waals surface area (Å²) in [5.74, 6) is 0.761. The lowest BCUT2D eigenvalue weighted by Crippen LogP contribution is -2.37. The first-order valence-corrected chi connectivity index (χ1v) is 6.27. The first kappa shape index (κ1) is 12.0. The van der Waals surface area contributed by atoms with Crippen LogP contribution in [0, 0.1) is 5.92 Å². The summed E-state index contributed by atoms with van der Waals surface area (Å²) in [5, 5.41) is 7.09. The third-order valence-corrected chi connectivity index (χ3v) is 3.10. The van der Waals surface area contributed by atoms with Gasteiger partial charge in [0.1, 0.15) is 0 Å². The van der Waals surface area contributed by atoms with Crippen molar-refractivity contribution in [1.29, 1.82) is 0 Å². The Morgan fingerprint density at radius 2 is 1.86 bits per heavy atom. The average Bonchev–Trinajstić information content (AvgIpc) is 2.25. The number of nitrogens with one attached hydrogen (secondary N) is 2. The molecule has 0 amide bonds. The summed E-state index contributed by atoms with van der Waals surface area (Å²) in [4.78, 5) is 0. The Morgan fingerprint density at radius 1 is 1.14 bits per heavy atom. The molecule has 14 heavy (non-hydrogen) atoms. The Morgan fingerprint density at radius 3 is 2.50 bits per heavy atom. The van der Waals surface area contributed by atoms with Gasteiger partial charge in [-0.15, -0.1) is 0 Å². The SMILES string of the molecule is CCNCC(C)CNC1CCCCC1. The predicted octanol–water partition coefficient (Wildman–Crippen LogP) is 2.15. The van der Waals surface area contributed by atoms with Crippen molar-refractivity contribution in [3.63, 3.8) is 0 Å². The molecule has 0 spiro atoms. The van der Waals surface area contributed by atoms with Gasteiger partial charge in [-0.25, -0.2) is 0 Å². The van der Waals surface area contributed by atoms with E-state index in [4.69, 9.17) is 0 Å². The highest BCUT2D eigenvalue weighted by atomic mass is 14.9. The maximum absolute atomic E-state index is 3.69. The van der Waals surface area contributed by atoms with E-state index in [2.05, 4.69) is 24.5 Å². The Balaban J connectivity index is 2.00. The van der Waals surface area contributed by atoms with Crippen molar-refractivity contribution < 1.29 is 0 Å². The van der Waals surface area contributed by atoms with Crippen molar-refractivity contribution in [2.45, 2.75) is 52.0 Å². The third kappa shape index (κ3) is 4.97. The van der Waals surface area contributed by atoms with Gasteiger partial charge in [-0.05, 0) is 38.4 Å². The molecule has 2 heteroatoms. The van der Waals surface area contributed by atoms with Crippen LogP contribution in [0.5, 0.6) is 0 Å². The second kappa shape index (κ2) is 7.24. The lowest BCUT2D eigenvalue weighted by Gasteiger charge is -2.24. The Kier molecular flexibility index (Phi) is 6.20. The van der Waals surface area contributed by atoms with Crippen molar-refractivity contribution in [2.24, 2.45) is 5.92 Å². The quantitative estimate of drug-likeness (QED) is 0.683. The van der Waals surface area contributed by atoms with Crippen LogP contribution >= 0.6 is 0 Å². The molecule has 0 aromatic rings. The molecule has 0 heterocycles. The first-order valence-electron chi connectivity index (χ1n) is 6.27. The summed E-state index contributed by atoms with van der Waals surface area (Å²) in [6.07, 6.45) is 7.10.